The topological polar surface area (TPSA) is 46.3 Å². The van der Waals surface area contributed by atoms with Crippen LogP contribution in [0.3, 0.4) is 0 Å². The Balaban J connectivity index is 2.12. The van der Waals surface area contributed by atoms with Crippen molar-refractivity contribution < 1.29 is 4.79 Å². The van der Waals surface area contributed by atoms with Crippen molar-refractivity contribution >= 4 is 11.6 Å². The second-order valence-corrected chi connectivity index (χ2v) is 5.05. The van der Waals surface area contributed by atoms with Gasteiger partial charge in [0, 0.05) is 12.1 Å². The van der Waals surface area contributed by atoms with Gasteiger partial charge in [-0.15, -0.1) is 0 Å². The van der Waals surface area contributed by atoms with E-state index in [9.17, 15) is 4.79 Å². The summed E-state index contributed by atoms with van der Waals surface area (Å²) in [5, 5.41) is 0. The number of benzene rings is 2. The molecule has 110 valence electrons. The van der Waals surface area contributed by atoms with Crippen LogP contribution < -0.4 is 10.6 Å². The molecule has 3 heteroatoms. The number of anilines is 1. The molecule has 0 fully saturated rings. The van der Waals surface area contributed by atoms with E-state index in [1.165, 1.54) is 0 Å². The third kappa shape index (κ3) is 4.72. The first-order chi connectivity index (χ1) is 10.3. The van der Waals surface area contributed by atoms with Crippen molar-refractivity contribution in [3.63, 3.8) is 0 Å². The van der Waals surface area contributed by atoms with E-state index in [4.69, 9.17) is 5.73 Å². The Morgan fingerprint density at radius 3 is 2.14 bits per heavy atom. The normalized spacial score (nSPS) is 10.3. The van der Waals surface area contributed by atoms with Crippen LogP contribution in [0.1, 0.15) is 24.8 Å². The third-order valence-corrected chi connectivity index (χ3v) is 3.40. The zero-order valence-electron chi connectivity index (χ0n) is 12.2. The van der Waals surface area contributed by atoms with Crippen LogP contribution in [0.2, 0.25) is 0 Å². The van der Waals surface area contributed by atoms with E-state index in [1.54, 1.807) is 0 Å². The van der Waals surface area contributed by atoms with Gasteiger partial charge in [-0.1, -0.05) is 48.5 Å². The van der Waals surface area contributed by atoms with Gasteiger partial charge in [-0.05, 0) is 37.1 Å². The molecule has 0 saturated carbocycles. The first-order valence-electron chi connectivity index (χ1n) is 7.40. The molecule has 0 aliphatic rings. The highest BCUT2D eigenvalue weighted by Gasteiger charge is 2.15. The van der Waals surface area contributed by atoms with Gasteiger partial charge < -0.3 is 10.6 Å². The van der Waals surface area contributed by atoms with Gasteiger partial charge in [0.15, 0.2) is 0 Å². The lowest BCUT2D eigenvalue weighted by molar-refractivity contribution is -0.118. The Morgan fingerprint density at radius 1 is 0.905 bits per heavy atom. The first kappa shape index (κ1) is 15.3. The van der Waals surface area contributed by atoms with Crippen molar-refractivity contribution in [2.24, 2.45) is 5.73 Å². The van der Waals surface area contributed by atoms with Crippen LogP contribution in [0.4, 0.5) is 5.69 Å². The molecule has 0 aromatic heterocycles. The quantitative estimate of drug-likeness (QED) is 0.792. The number of rotatable bonds is 7. The van der Waals surface area contributed by atoms with Crippen LogP contribution in [0.5, 0.6) is 0 Å². The summed E-state index contributed by atoms with van der Waals surface area (Å²) in [7, 11) is 0. The molecule has 2 N–H and O–H groups in total. The van der Waals surface area contributed by atoms with Gasteiger partial charge in [0.05, 0.1) is 6.54 Å². The molecule has 0 heterocycles. The number of carbonyl (C=O) groups is 1. The number of nitrogens with two attached hydrogens (primary N) is 1. The van der Waals surface area contributed by atoms with Crippen molar-refractivity contribution in [3.8, 4) is 0 Å². The van der Waals surface area contributed by atoms with Gasteiger partial charge in [0.25, 0.3) is 0 Å². The second kappa shape index (κ2) is 8.22. The van der Waals surface area contributed by atoms with Crippen molar-refractivity contribution in [2.75, 3.05) is 11.4 Å². The lowest BCUT2D eigenvalue weighted by Gasteiger charge is -2.23. The summed E-state index contributed by atoms with van der Waals surface area (Å²) < 4.78 is 0. The molecule has 1 amide bonds. The van der Waals surface area contributed by atoms with E-state index in [-0.39, 0.29) is 5.91 Å². The summed E-state index contributed by atoms with van der Waals surface area (Å²) in [6, 6.07) is 19.9. The molecule has 3 nitrogen and oxygen atoms in total. The molecule has 0 saturated heterocycles. The van der Waals surface area contributed by atoms with Gasteiger partial charge in [0.2, 0.25) is 5.91 Å². The lowest BCUT2D eigenvalue weighted by Crippen LogP contribution is -2.30. The Hall–Kier alpha value is -2.13. The number of nitrogens with zero attached hydrogens (tertiary/aromatic N) is 1. The van der Waals surface area contributed by atoms with E-state index in [1.807, 2.05) is 65.6 Å². The highest BCUT2D eigenvalue weighted by Crippen LogP contribution is 2.18. The first-order valence-corrected chi connectivity index (χ1v) is 7.40. The molecule has 0 radical (unpaired) electrons. The predicted octanol–water partition coefficient (Wildman–Crippen LogP) is 3.35. The Bertz CT molecular complexity index is 540. The van der Waals surface area contributed by atoms with Crippen LogP contribution in [0.25, 0.3) is 0 Å². The summed E-state index contributed by atoms with van der Waals surface area (Å²) in [6.45, 7) is 1.24. The van der Waals surface area contributed by atoms with E-state index < -0.39 is 0 Å². The molecule has 0 spiro atoms. The predicted molar refractivity (Wildman–Crippen MR) is 87.0 cm³/mol. The van der Waals surface area contributed by atoms with E-state index in [0.717, 1.165) is 24.1 Å². The highest BCUT2D eigenvalue weighted by atomic mass is 16.2. The highest BCUT2D eigenvalue weighted by molar-refractivity contribution is 5.93. The maximum absolute atomic E-state index is 12.5. The Labute approximate surface area is 126 Å². The number of carbonyl (C=O) groups excluding carboxylic acids is 1. The van der Waals surface area contributed by atoms with Gasteiger partial charge >= 0.3 is 0 Å². The van der Waals surface area contributed by atoms with Crippen molar-refractivity contribution in [3.05, 3.63) is 66.2 Å². The second-order valence-electron chi connectivity index (χ2n) is 5.05. The zero-order chi connectivity index (χ0) is 14.9. The molecule has 2 aromatic rings. The van der Waals surface area contributed by atoms with Crippen molar-refractivity contribution in [2.45, 2.75) is 25.8 Å². The summed E-state index contributed by atoms with van der Waals surface area (Å²) in [5.41, 5.74) is 7.58. The van der Waals surface area contributed by atoms with E-state index in [2.05, 4.69) is 0 Å². The Kier molecular flexibility index (Phi) is 5.98. The molecule has 0 aliphatic heterocycles. The Morgan fingerprint density at radius 2 is 1.52 bits per heavy atom. The summed E-state index contributed by atoms with van der Waals surface area (Å²) in [4.78, 5) is 14.4. The molecule has 0 atom stereocenters. The third-order valence-electron chi connectivity index (χ3n) is 3.40. The van der Waals surface area contributed by atoms with Crippen molar-refractivity contribution in [1.82, 2.24) is 0 Å². The van der Waals surface area contributed by atoms with Gasteiger partial charge in [-0.3, -0.25) is 4.79 Å². The summed E-state index contributed by atoms with van der Waals surface area (Å²) in [6.07, 6.45) is 2.27. The summed E-state index contributed by atoms with van der Waals surface area (Å²) >= 11 is 0. The number of hydrogen-bond donors (Lipinski definition) is 1. The minimum absolute atomic E-state index is 0.151. The molecule has 0 bridgehead atoms. The fourth-order valence-electron chi connectivity index (χ4n) is 2.25. The van der Waals surface area contributed by atoms with Gasteiger partial charge in [-0.25, -0.2) is 0 Å². The van der Waals surface area contributed by atoms with Crippen LogP contribution in [0.15, 0.2) is 60.7 Å². The van der Waals surface area contributed by atoms with Gasteiger partial charge in [-0.2, -0.15) is 0 Å². The fraction of sp³-hybridized carbons (Fsp3) is 0.278. The zero-order valence-corrected chi connectivity index (χ0v) is 12.2. The maximum Gasteiger partial charge on any atom is 0.227 e. The number of amides is 1. The monoisotopic (exact) mass is 282 g/mol. The molecular weight excluding hydrogens is 260 g/mol. The van der Waals surface area contributed by atoms with Crippen LogP contribution in [0, 0.1) is 0 Å². The van der Waals surface area contributed by atoms with Crippen LogP contribution in [-0.2, 0) is 11.3 Å². The largest absolute Gasteiger partial charge is 0.330 e. The van der Waals surface area contributed by atoms with Crippen LogP contribution >= 0.6 is 0 Å². The smallest absolute Gasteiger partial charge is 0.227 e. The molecule has 2 rings (SSSR count). The van der Waals surface area contributed by atoms with Crippen molar-refractivity contribution in [1.29, 1.82) is 0 Å². The average molecular weight is 282 g/mol. The van der Waals surface area contributed by atoms with Crippen LogP contribution in [-0.4, -0.2) is 12.5 Å². The molecule has 21 heavy (non-hydrogen) atoms. The molecule has 0 unspecified atom stereocenters. The summed E-state index contributed by atoms with van der Waals surface area (Å²) in [5.74, 6) is 0.151. The molecule has 0 aliphatic carbocycles. The minimum atomic E-state index is 0.151. The standard InChI is InChI=1S/C18H22N2O/c19-14-8-7-13-18(21)20(17-11-5-2-6-12-17)15-16-9-3-1-4-10-16/h1-6,9-12H,7-8,13-15,19H2. The molecule has 2 aromatic carbocycles. The number of hydrogen-bond acceptors (Lipinski definition) is 2. The van der Waals surface area contributed by atoms with Gasteiger partial charge in [0.1, 0.15) is 0 Å². The van der Waals surface area contributed by atoms with E-state index >= 15 is 0 Å². The van der Waals surface area contributed by atoms with E-state index in [0.29, 0.717) is 19.5 Å². The minimum Gasteiger partial charge on any atom is -0.330 e. The SMILES string of the molecule is NCCCCC(=O)N(Cc1ccccc1)c1ccccc1. The fourth-order valence-corrected chi connectivity index (χ4v) is 2.25. The average Bonchev–Trinajstić information content (AvgIpc) is 2.54. The molecular formula is C18H22N2O. The maximum atomic E-state index is 12.5. The lowest BCUT2D eigenvalue weighted by atomic mass is 10.1. The number of unbranched alkanes of at least 4 members (excludes halogenated alkanes) is 1. The number of para-hydroxylation sites is 1.